The molecule has 0 spiro atoms. The van der Waals surface area contributed by atoms with Crippen molar-refractivity contribution in [3.63, 3.8) is 0 Å². The number of fused-ring (bicyclic) bond motifs is 1. The Kier molecular flexibility index (Phi) is 5.25. The zero-order valence-electron chi connectivity index (χ0n) is 14.2. The maximum Gasteiger partial charge on any atom is 0.311 e. The Morgan fingerprint density at radius 2 is 2.12 bits per heavy atom. The molecule has 26 heavy (non-hydrogen) atoms. The van der Waals surface area contributed by atoms with E-state index in [-0.39, 0.29) is 24.1 Å². The summed E-state index contributed by atoms with van der Waals surface area (Å²) >= 11 is 0.818. The van der Waals surface area contributed by atoms with Crippen LogP contribution in [-0.4, -0.2) is 61.4 Å². The summed E-state index contributed by atoms with van der Waals surface area (Å²) in [7, 11) is 0. The van der Waals surface area contributed by atoms with Gasteiger partial charge in [0, 0.05) is 0 Å². The van der Waals surface area contributed by atoms with Crippen molar-refractivity contribution < 1.29 is 24.8 Å². The van der Waals surface area contributed by atoms with Crippen LogP contribution in [0.5, 0.6) is 5.88 Å². The molecule has 4 atom stereocenters. The molecule has 3 heterocycles. The van der Waals surface area contributed by atoms with Crippen LogP contribution < -0.4 is 15.3 Å². The van der Waals surface area contributed by atoms with E-state index >= 15 is 0 Å². The second-order valence-corrected chi connectivity index (χ2v) is 7.06. The van der Waals surface area contributed by atoms with Crippen molar-refractivity contribution in [1.29, 1.82) is 0 Å². The van der Waals surface area contributed by atoms with E-state index in [9.17, 15) is 20.1 Å². The summed E-state index contributed by atoms with van der Waals surface area (Å²) in [6, 6.07) is 0. The number of hydrogen-bond donors (Lipinski definition) is 4. The summed E-state index contributed by atoms with van der Waals surface area (Å²) < 4.78 is 12.5. The number of nitrogen functional groups attached to an aromatic ring is 1. The van der Waals surface area contributed by atoms with Crippen LogP contribution in [0.2, 0.25) is 0 Å². The van der Waals surface area contributed by atoms with E-state index in [0.717, 1.165) is 21.5 Å². The van der Waals surface area contributed by atoms with Crippen LogP contribution in [0.25, 0.3) is 10.3 Å². The number of anilines is 1. The topological polar surface area (TPSA) is 153 Å². The van der Waals surface area contributed by atoms with Gasteiger partial charge in [-0.25, -0.2) is 0 Å². The number of ether oxygens (including phenoxy) is 2. The SMILES string of the molecule is CC(C)=CCOc1nc(N)nc2c1sc(=O)n2[C@@H]1O[C@H](CO)[C@@H](O)[C@H]1O. The van der Waals surface area contributed by atoms with Crippen molar-refractivity contribution in [2.45, 2.75) is 38.4 Å². The maximum absolute atomic E-state index is 12.5. The molecule has 11 heteroatoms. The molecule has 0 radical (unpaired) electrons. The molecule has 5 N–H and O–H groups in total. The van der Waals surface area contributed by atoms with Gasteiger partial charge in [-0.3, -0.25) is 9.36 Å². The van der Waals surface area contributed by atoms with Crippen molar-refractivity contribution >= 4 is 27.6 Å². The van der Waals surface area contributed by atoms with E-state index in [4.69, 9.17) is 15.2 Å². The highest BCUT2D eigenvalue weighted by molar-refractivity contribution is 7.16. The fourth-order valence-corrected chi connectivity index (χ4v) is 3.50. The molecule has 142 valence electrons. The molecule has 1 aliphatic heterocycles. The largest absolute Gasteiger partial charge is 0.472 e. The van der Waals surface area contributed by atoms with Crippen LogP contribution in [0.3, 0.4) is 0 Å². The first-order chi connectivity index (χ1) is 12.3. The molecule has 2 aromatic rings. The highest BCUT2D eigenvalue weighted by Crippen LogP contribution is 2.34. The fourth-order valence-electron chi connectivity index (χ4n) is 2.61. The molecule has 0 unspecified atom stereocenters. The van der Waals surface area contributed by atoms with E-state index in [1.54, 1.807) is 0 Å². The van der Waals surface area contributed by atoms with E-state index in [1.165, 1.54) is 0 Å². The number of nitrogens with two attached hydrogens (primary N) is 1. The quantitative estimate of drug-likeness (QED) is 0.494. The third-order valence-corrected chi connectivity index (χ3v) is 4.86. The van der Waals surface area contributed by atoms with Gasteiger partial charge in [0.25, 0.3) is 0 Å². The average molecular weight is 384 g/mol. The van der Waals surface area contributed by atoms with E-state index < -0.39 is 36.0 Å². The van der Waals surface area contributed by atoms with Crippen molar-refractivity contribution in [3.05, 3.63) is 21.3 Å². The van der Waals surface area contributed by atoms with Gasteiger partial charge in [0.05, 0.1) is 6.61 Å². The second-order valence-electron chi connectivity index (χ2n) is 6.10. The number of rotatable bonds is 5. The fraction of sp³-hybridized carbons (Fsp3) is 0.533. The molecule has 10 nitrogen and oxygen atoms in total. The standard InChI is InChI=1S/C15H20N4O6S/c1-6(2)3-4-24-12-10-11(17-14(16)18-12)19(15(23)26-10)13-9(22)8(21)7(5-20)25-13/h3,7-9,13,20-22H,4-5H2,1-2H3,(H2,16,17,18)/t7-,8-,9-,13-/m1/s1. The van der Waals surface area contributed by atoms with E-state index in [2.05, 4.69) is 9.97 Å². The lowest BCUT2D eigenvalue weighted by molar-refractivity contribution is -0.0518. The highest BCUT2D eigenvalue weighted by atomic mass is 32.1. The molecule has 0 amide bonds. The molecule has 1 saturated heterocycles. The maximum atomic E-state index is 12.5. The number of aromatic nitrogens is 3. The molecule has 1 fully saturated rings. The van der Waals surface area contributed by atoms with Crippen molar-refractivity contribution in [3.8, 4) is 5.88 Å². The van der Waals surface area contributed by atoms with Crippen LogP contribution in [0.4, 0.5) is 5.95 Å². The number of aliphatic hydroxyl groups excluding tert-OH is 3. The number of hydrogen-bond acceptors (Lipinski definition) is 10. The van der Waals surface area contributed by atoms with Crippen molar-refractivity contribution in [1.82, 2.24) is 14.5 Å². The lowest BCUT2D eigenvalue weighted by Crippen LogP contribution is -2.34. The van der Waals surface area contributed by atoms with Gasteiger partial charge < -0.3 is 30.5 Å². The van der Waals surface area contributed by atoms with Gasteiger partial charge in [-0.15, -0.1) is 0 Å². The Hall–Kier alpha value is -2.05. The van der Waals surface area contributed by atoms with Crippen molar-refractivity contribution in [2.24, 2.45) is 0 Å². The average Bonchev–Trinajstić information content (AvgIpc) is 3.04. The van der Waals surface area contributed by atoms with Crippen LogP contribution >= 0.6 is 11.3 Å². The predicted octanol–water partition coefficient (Wildman–Crippen LogP) is -0.608. The van der Waals surface area contributed by atoms with Gasteiger partial charge in [-0.2, -0.15) is 9.97 Å². The first-order valence-electron chi connectivity index (χ1n) is 7.90. The van der Waals surface area contributed by atoms with E-state index in [1.807, 2.05) is 19.9 Å². The number of aliphatic hydroxyl groups is 3. The number of allylic oxidation sites excluding steroid dienone is 1. The normalized spacial score (nSPS) is 25.6. The molecule has 0 aliphatic carbocycles. The second kappa shape index (κ2) is 7.29. The molecular weight excluding hydrogens is 364 g/mol. The minimum Gasteiger partial charge on any atom is -0.472 e. The zero-order valence-corrected chi connectivity index (χ0v) is 15.0. The highest BCUT2D eigenvalue weighted by Gasteiger charge is 2.45. The Morgan fingerprint density at radius 3 is 2.73 bits per heavy atom. The van der Waals surface area contributed by atoms with Gasteiger partial charge in [0.15, 0.2) is 11.9 Å². The Labute approximate surface area is 152 Å². The number of thiazole rings is 1. The summed E-state index contributed by atoms with van der Waals surface area (Å²) in [5.41, 5.74) is 6.92. The minimum atomic E-state index is -1.41. The monoisotopic (exact) mass is 384 g/mol. The molecular formula is C15H20N4O6S. The van der Waals surface area contributed by atoms with Gasteiger partial charge in [0.1, 0.15) is 29.6 Å². The van der Waals surface area contributed by atoms with Crippen molar-refractivity contribution in [2.75, 3.05) is 18.9 Å². The summed E-state index contributed by atoms with van der Waals surface area (Å²) in [4.78, 5) is 20.1. The molecule has 1 aliphatic rings. The van der Waals surface area contributed by atoms with E-state index in [0.29, 0.717) is 4.70 Å². The molecule has 0 bridgehead atoms. The predicted molar refractivity (Wildman–Crippen MR) is 94.0 cm³/mol. The van der Waals surface area contributed by atoms with Gasteiger partial charge >= 0.3 is 4.87 Å². The zero-order chi connectivity index (χ0) is 19.0. The Morgan fingerprint density at radius 1 is 1.38 bits per heavy atom. The Balaban J connectivity index is 2.05. The van der Waals surface area contributed by atoms with Gasteiger partial charge in [-0.05, 0) is 19.9 Å². The van der Waals surface area contributed by atoms with Crippen LogP contribution in [0.15, 0.2) is 16.4 Å². The third kappa shape index (κ3) is 3.31. The smallest absolute Gasteiger partial charge is 0.311 e. The van der Waals surface area contributed by atoms with Crippen LogP contribution in [0.1, 0.15) is 20.1 Å². The molecule has 0 aromatic carbocycles. The third-order valence-electron chi connectivity index (χ3n) is 3.93. The summed E-state index contributed by atoms with van der Waals surface area (Å²) in [6.07, 6.45) is -3.11. The summed E-state index contributed by atoms with van der Waals surface area (Å²) in [6.45, 7) is 3.58. The first-order valence-corrected chi connectivity index (χ1v) is 8.72. The number of nitrogens with zero attached hydrogens (tertiary/aromatic N) is 3. The lowest BCUT2D eigenvalue weighted by Gasteiger charge is -2.16. The van der Waals surface area contributed by atoms with Gasteiger partial charge in [0.2, 0.25) is 11.8 Å². The Bertz CT molecular complexity index is 890. The van der Waals surface area contributed by atoms with Gasteiger partial charge in [-0.1, -0.05) is 16.9 Å². The molecule has 3 rings (SSSR count). The summed E-state index contributed by atoms with van der Waals surface area (Å²) in [5, 5.41) is 29.4. The first kappa shape index (κ1) is 18.7. The van der Waals surface area contributed by atoms with Crippen LogP contribution in [-0.2, 0) is 4.74 Å². The summed E-state index contributed by atoms with van der Waals surface area (Å²) in [5.74, 6) is 0.0422. The molecule has 0 saturated carbocycles. The minimum absolute atomic E-state index is 0.108. The lowest BCUT2D eigenvalue weighted by atomic mass is 10.1. The van der Waals surface area contributed by atoms with Crippen LogP contribution in [0, 0.1) is 0 Å². The molecule has 2 aromatic heterocycles.